The highest BCUT2D eigenvalue weighted by Crippen LogP contribution is 2.14. The quantitative estimate of drug-likeness (QED) is 0.547. The van der Waals surface area contributed by atoms with Gasteiger partial charge >= 0.3 is 5.97 Å². The van der Waals surface area contributed by atoms with Gasteiger partial charge in [0.1, 0.15) is 6.04 Å². The van der Waals surface area contributed by atoms with Gasteiger partial charge in [-0.3, -0.25) is 4.79 Å². The zero-order valence-corrected chi connectivity index (χ0v) is 10.5. The molecule has 3 unspecified atom stereocenters. The SMILES string of the molecule is C=CCC(NC(=O)C1COCC1NCC)C(=O)O. The Morgan fingerprint density at radius 3 is 2.83 bits per heavy atom. The number of hydrogen-bond donors (Lipinski definition) is 3. The molecule has 1 aliphatic heterocycles. The van der Waals surface area contributed by atoms with E-state index in [0.29, 0.717) is 13.2 Å². The smallest absolute Gasteiger partial charge is 0.326 e. The Kier molecular flexibility index (Phi) is 5.80. The van der Waals surface area contributed by atoms with Crippen molar-refractivity contribution in [2.45, 2.75) is 25.4 Å². The second kappa shape index (κ2) is 7.13. The first-order chi connectivity index (χ1) is 8.60. The van der Waals surface area contributed by atoms with Crippen molar-refractivity contribution in [3.05, 3.63) is 12.7 Å². The van der Waals surface area contributed by atoms with Crippen molar-refractivity contribution in [3.8, 4) is 0 Å². The van der Waals surface area contributed by atoms with Gasteiger partial charge in [-0.05, 0) is 13.0 Å². The molecule has 1 fully saturated rings. The van der Waals surface area contributed by atoms with E-state index < -0.39 is 12.0 Å². The van der Waals surface area contributed by atoms with Crippen LogP contribution in [0.25, 0.3) is 0 Å². The number of carbonyl (C=O) groups is 2. The van der Waals surface area contributed by atoms with E-state index in [2.05, 4.69) is 17.2 Å². The summed E-state index contributed by atoms with van der Waals surface area (Å²) in [6.07, 6.45) is 1.69. The van der Waals surface area contributed by atoms with Gasteiger partial charge in [-0.1, -0.05) is 13.0 Å². The molecule has 0 aromatic heterocycles. The zero-order valence-electron chi connectivity index (χ0n) is 10.5. The fraction of sp³-hybridized carbons (Fsp3) is 0.667. The minimum atomic E-state index is -1.05. The van der Waals surface area contributed by atoms with Gasteiger partial charge in [-0.2, -0.15) is 0 Å². The Morgan fingerprint density at radius 2 is 2.28 bits per heavy atom. The average molecular weight is 256 g/mol. The van der Waals surface area contributed by atoms with Crippen LogP contribution in [0.5, 0.6) is 0 Å². The average Bonchev–Trinajstić information content (AvgIpc) is 2.77. The molecule has 102 valence electrons. The number of likely N-dealkylation sites (N-methyl/N-ethyl adjacent to an activating group) is 1. The van der Waals surface area contributed by atoms with Crippen LogP contribution in [0.4, 0.5) is 0 Å². The van der Waals surface area contributed by atoms with Gasteiger partial charge < -0.3 is 20.5 Å². The van der Waals surface area contributed by atoms with Gasteiger partial charge in [0.05, 0.1) is 19.1 Å². The normalized spacial score (nSPS) is 24.5. The molecule has 1 aliphatic rings. The van der Waals surface area contributed by atoms with Gasteiger partial charge in [-0.25, -0.2) is 4.79 Å². The third-order valence-electron chi connectivity index (χ3n) is 2.90. The second-order valence-corrected chi connectivity index (χ2v) is 4.23. The van der Waals surface area contributed by atoms with E-state index in [1.54, 1.807) is 0 Å². The van der Waals surface area contributed by atoms with Crippen LogP contribution in [-0.4, -0.2) is 48.8 Å². The minimum Gasteiger partial charge on any atom is -0.480 e. The molecule has 1 amide bonds. The summed E-state index contributed by atoms with van der Waals surface area (Å²) in [6, 6.07) is -0.967. The maximum Gasteiger partial charge on any atom is 0.326 e. The molecule has 0 saturated carbocycles. The Balaban J connectivity index is 2.57. The molecular weight excluding hydrogens is 236 g/mol. The first kappa shape index (κ1) is 14.7. The maximum absolute atomic E-state index is 12.0. The number of nitrogens with one attached hydrogen (secondary N) is 2. The number of hydrogen-bond acceptors (Lipinski definition) is 4. The van der Waals surface area contributed by atoms with E-state index in [9.17, 15) is 9.59 Å². The molecule has 1 heterocycles. The van der Waals surface area contributed by atoms with Crippen LogP contribution in [-0.2, 0) is 14.3 Å². The third-order valence-corrected chi connectivity index (χ3v) is 2.90. The van der Waals surface area contributed by atoms with Crippen molar-refractivity contribution >= 4 is 11.9 Å². The van der Waals surface area contributed by atoms with Crippen LogP contribution in [0.15, 0.2) is 12.7 Å². The van der Waals surface area contributed by atoms with Crippen LogP contribution in [0.1, 0.15) is 13.3 Å². The predicted molar refractivity (Wildman–Crippen MR) is 66.2 cm³/mol. The van der Waals surface area contributed by atoms with Crippen LogP contribution in [0, 0.1) is 5.92 Å². The molecule has 6 nitrogen and oxygen atoms in total. The van der Waals surface area contributed by atoms with Gasteiger partial charge in [-0.15, -0.1) is 6.58 Å². The highest BCUT2D eigenvalue weighted by molar-refractivity contribution is 5.85. The Labute approximate surface area is 106 Å². The van der Waals surface area contributed by atoms with Crippen molar-refractivity contribution in [3.63, 3.8) is 0 Å². The summed E-state index contributed by atoms with van der Waals surface area (Å²) in [5.74, 6) is -1.67. The first-order valence-corrected chi connectivity index (χ1v) is 6.05. The molecular formula is C12H20N2O4. The molecule has 1 saturated heterocycles. The monoisotopic (exact) mass is 256 g/mol. The molecule has 0 radical (unpaired) electrons. The summed E-state index contributed by atoms with van der Waals surface area (Å²) < 4.78 is 5.25. The fourth-order valence-corrected chi connectivity index (χ4v) is 1.94. The van der Waals surface area contributed by atoms with E-state index in [4.69, 9.17) is 9.84 Å². The number of aliphatic carboxylic acids is 1. The molecule has 0 aliphatic carbocycles. The highest BCUT2D eigenvalue weighted by atomic mass is 16.5. The van der Waals surface area contributed by atoms with E-state index in [1.807, 2.05) is 6.92 Å². The third kappa shape index (κ3) is 3.82. The van der Waals surface area contributed by atoms with Gasteiger partial charge in [0.2, 0.25) is 5.91 Å². The van der Waals surface area contributed by atoms with Crippen molar-refractivity contribution in [1.82, 2.24) is 10.6 Å². The molecule has 0 aromatic rings. The van der Waals surface area contributed by atoms with Crippen molar-refractivity contribution < 1.29 is 19.4 Å². The number of ether oxygens (including phenoxy) is 1. The molecule has 0 bridgehead atoms. The lowest BCUT2D eigenvalue weighted by atomic mass is 10.0. The fourth-order valence-electron chi connectivity index (χ4n) is 1.94. The molecule has 1 rings (SSSR count). The minimum absolute atomic E-state index is 0.0480. The number of carbonyl (C=O) groups excluding carboxylic acids is 1. The van der Waals surface area contributed by atoms with Gasteiger partial charge in [0.15, 0.2) is 0 Å². The Hall–Kier alpha value is -1.40. The van der Waals surface area contributed by atoms with Crippen molar-refractivity contribution in [2.24, 2.45) is 5.92 Å². The molecule has 3 N–H and O–H groups in total. The number of amides is 1. The van der Waals surface area contributed by atoms with Crippen LogP contribution < -0.4 is 10.6 Å². The molecule has 6 heteroatoms. The summed E-state index contributed by atoms with van der Waals surface area (Å²) in [5.41, 5.74) is 0. The summed E-state index contributed by atoms with van der Waals surface area (Å²) in [6.45, 7) is 6.97. The van der Waals surface area contributed by atoms with Gasteiger partial charge in [0.25, 0.3) is 0 Å². The summed E-state index contributed by atoms with van der Waals surface area (Å²) in [4.78, 5) is 22.9. The van der Waals surface area contributed by atoms with E-state index in [0.717, 1.165) is 6.54 Å². The summed E-state index contributed by atoms with van der Waals surface area (Å²) >= 11 is 0. The summed E-state index contributed by atoms with van der Waals surface area (Å²) in [7, 11) is 0. The lowest BCUT2D eigenvalue weighted by molar-refractivity contribution is -0.142. The van der Waals surface area contributed by atoms with Gasteiger partial charge in [0, 0.05) is 6.04 Å². The first-order valence-electron chi connectivity index (χ1n) is 6.05. The molecule has 0 spiro atoms. The Bertz CT molecular complexity index is 319. The standard InChI is InChI=1S/C12H20N2O4/c1-3-5-9(12(16)17)14-11(15)8-6-18-7-10(8)13-4-2/h3,8-10,13H,1,4-7H2,2H3,(H,14,15)(H,16,17). The zero-order chi connectivity index (χ0) is 13.5. The van der Waals surface area contributed by atoms with Crippen LogP contribution in [0.2, 0.25) is 0 Å². The van der Waals surface area contributed by atoms with Crippen LogP contribution in [0.3, 0.4) is 0 Å². The van der Waals surface area contributed by atoms with Crippen molar-refractivity contribution in [1.29, 1.82) is 0 Å². The van der Waals surface area contributed by atoms with Crippen molar-refractivity contribution in [2.75, 3.05) is 19.8 Å². The van der Waals surface area contributed by atoms with Crippen LogP contribution >= 0.6 is 0 Å². The molecule has 18 heavy (non-hydrogen) atoms. The lowest BCUT2D eigenvalue weighted by Crippen LogP contribution is -2.48. The predicted octanol–water partition coefficient (Wildman–Crippen LogP) is -0.244. The van der Waals surface area contributed by atoms with E-state index in [1.165, 1.54) is 6.08 Å². The van der Waals surface area contributed by atoms with E-state index in [-0.39, 0.29) is 24.3 Å². The topological polar surface area (TPSA) is 87.7 Å². The number of rotatable bonds is 7. The Morgan fingerprint density at radius 1 is 1.56 bits per heavy atom. The maximum atomic E-state index is 12.0. The number of carboxylic acids is 1. The van der Waals surface area contributed by atoms with E-state index >= 15 is 0 Å². The molecule has 0 aromatic carbocycles. The lowest BCUT2D eigenvalue weighted by Gasteiger charge is -2.20. The number of carboxylic acid groups (broad SMARTS) is 1. The largest absolute Gasteiger partial charge is 0.480 e. The molecule has 3 atom stereocenters. The second-order valence-electron chi connectivity index (χ2n) is 4.23. The highest BCUT2D eigenvalue weighted by Gasteiger charge is 2.35. The summed E-state index contributed by atoms with van der Waals surface area (Å²) in [5, 5.41) is 14.6.